The lowest BCUT2D eigenvalue weighted by atomic mass is 10.2. The number of nitrogen functional groups attached to an aromatic ring is 1. The highest BCUT2D eigenvalue weighted by Crippen LogP contribution is 2.31. The number of rotatable bonds is 0. The maximum atomic E-state index is 11.5. The molecule has 0 radical (unpaired) electrons. The highest BCUT2D eigenvalue weighted by molar-refractivity contribution is 7.90. The van der Waals surface area contributed by atoms with E-state index in [-0.39, 0.29) is 20.6 Å². The minimum absolute atomic E-state index is 0.0463. The Kier molecular flexibility index (Phi) is 1.58. The summed E-state index contributed by atoms with van der Waals surface area (Å²) in [6.45, 7) is 0. The second-order valence-corrected chi connectivity index (χ2v) is 4.61. The summed E-state index contributed by atoms with van der Waals surface area (Å²) in [5.41, 5.74) is 5.55. The van der Waals surface area contributed by atoms with Gasteiger partial charge in [0.15, 0.2) is 0 Å². The minimum atomic E-state index is -3.87. The molecule has 0 fully saturated rings. The van der Waals surface area contributed by atoms with Crippen molar-refractivity contribution in [3.05, 3.63) is 23.8 Å². The Morgan fingerprint density at radius 3 is 2.50 bits per heavy atom. The number of nitrogens with zero attached hydrogens (tertiary/aromatic N) is 1. The molecule has 74 valence electrons. The fraction of sp³-hybridized carbons (Fsp3) is 0. The van der Waals surface area contributed by atoms with Crippen LogP contribution in [-0.4, -0.2) is 18.7 Å². The van der Waals surface area contributed by atoms with Crippen LogP contribution < -0.4 is 11.6 Å². The van der Waals surface area contributed by atoms with Crippen molar-refractivity contribution in [1.29, 1.82) is 0 Å². The van der Waals surface area contributed by atoms with Crippen LogP contribution in [0.3, 0.4) is 0 Å². The topological polar surface area (TPSA) is 106 Å². The van der Waals surface area contributed by atoms with E-state index in [1.54, 1.807) is 0 Å². The Hall–Kier alpha value is -1.60. The van der Waals surface area contributed by atoms with Crippen LogP contribution >= 0.6 is 0 Å². The lowest BCUT2D eigenvalue weighted by Crippen LogP contribution is -2.36. The molecule has 0 saturated heterocycles. The SMILES string of the molecule is Nc1cccc2c1C(=O)N(N)S2(=O)=O. The molecule has 0 aliphatic carbocycles. The van der Waals surface area contributed by atoms with E-state index >= 15 is 0 Å². The number of sulfonamides is 1. The molecule has 0 unspecified atom stereocenters. The van der Waals surface area contributed by atoms with Crippen molar-refractivity contribution in [2.45, 2.75) is 4.90 Å². The fourth-order valence-electron chi connectivity index (χ4n) is 1.32. The molecule has 14 heavy (non-hydrogen) atoms. The zero-order valence-corrected chi connectivity index (χ0v) is 7.78. The van der Waals surface area contributed by atoms with Crippen LogP contribution in [0.5, 0.6) is 0 Å². The van der Waals surface area contributed by atoms with Crippen molar-refractivity contribution >= 4 is 21.6 Å². The van der Waals surface area contributed by atoms with Gasteiger partial charge in [-0.3, -0.25) is 4.79 Å². The first kappa shape index (κ1) is 8.97. The van der Waals surface area contributed by atoms with E-state index in [0.717, 1.165) is 0 Å². The molecule has 1 amide bonds. The smallest absolute Gasteiger partial charge is 0.285 e. The van der Waals surface area contributed by atoms with Gasteiger partial charge in [-0.25, -0.2) is 5.84 Å². The van der Waals surface area contributed by atoms with E-state index < -0.39 is 15.9 Å². The highest BCUT2D eigenvalue weighted by atomic mass is 32.2. The summed E-state index contributed by atoms with van der Waals surface area (Å²) in [7, 11) is -3.87. The first-order valence-corrected chi connectivity index (χ1v) is 5.13. The molecule has 0 bridgehead atoms. The van der Waals surface area contributed by atoms with E-state index in [1.807, 2.05) is 0 Å². The summed E-state index contributed by atoms with van der Waals surface area (Å²) in [4.78, 5) is 11.2. The molecule has 1 aliphatic rings. The van der Waals surface area contributed by atoms with Crippen LogP contribution in [0.15, 0.2) is 23.1 Å². The van der Waals surface area contributed by atoms with Gasteiger partial charge in [-0.2, -0.15) is 12.8 Å². The van der Waals surface area contributed by atoms with Gasteiger partial charge in [0.1, 0.15) is 4.90 Å². The third-order valence-electron chi connectivity index (χ3n) is 2.01. The lowest BCUT2D eigenvalue weighted by Gasteiger charge is -2.04. The third-order valence-corrected chi connectivity index (χ3v) is 3.59. The maximum absolute atomic E-state index is 11.5. The number of anilines is 1. The molecular weight excluding hydrogens is 206 g/mol. The largest absolute Gasteiger partial charge is 0.398 e. The minimum Gasteiger partial charge on any atom is -0.398 e. The van der Waals surface area contributed by atoms with Crippen LogP contribution in [-0.2, 0) is 10.0 Å². The van der Waals surface area contributed by atoms with Gasteiger partial charge in [0.05, 0.1) is 5.56 Å². The number of nitrogens with two attached hydrogens (primary N) is 2. The van der Waals surface area contributed by atoms with Crippen LogP contribution in [0.25, 0.3) is 0 Å². The Morgan fingerprint density at radius 2 is 1.93 bits per heavy atom. The number of carbonyl (C=O) groups excluding carboxylic acids is 1. The molecule has 0 atom stereocenters. The van der Waals surface area contributed by atoms with Crippen LogP contribution in [0.4, 0.5) is 5.69 Å². The van der Waals surface area contributed by atoms with Crippen LogP contribution in [0, 0.1) is 0 Å². The maximum Gasteiger partial charge on any atom is 0.285 e. The molecule has 7 heteroatoms. The van der Waals surface area contributed by atoms with E-state index in [0.29, 0.717) is 0 Å². The number of hydrogen-bond acceptors (Lipinski definition) is 5. The molecule has 1 aromatic carbocycles. The molecule has 4 N–H and O–H groups in total. The first-order chi connectivity index (χ1) is 6.46. The Morgan fingerprint density at radius 1 is 1.29 bits per heavy atom. The zero-order chi connectivity index (χ0) is 10.5. The van der Waals surface area contributed by atoms with Crippen LogP contribution in [0.2, 0.25) is 0 Å². The van der Waals surface area contributed by atoms with Crippen molar-refractivity contribution in [2.24, 2.45) is 5.84 Å². The van der Waals surface area contributed by atoms with Crippen molar-refractivity contribution in [3.8, 4) is 0 Å². The predicted octanol–water partition coefficient (Wildman–Crippen LogP) is -0.713. The number of amides is 1. The normalized spacial score (nSPS) is 18.4. The summed E-state index contributed by atoms with van der Waals surface area (Å²) < 4.78 is 23.1. The standard InChI is InChI=1S/C7H7N3O3S/c8-4-2-1-3-5-6(4)7(11)10(9)14(5,12)13/h1-3H,8-9H2. The molecule has 1 heterocycles. The van der Waals surface area contributed by atoms with Gasteiger partial charge in [-0.05, 0) is 12.1 Å². The third kappa shape index (κ3) is 0.875. The molecule has 1 aliphatic heterocycles. The van der Waals surface area contributed by atoms with Gasteiger partial charge in [0, 0.05) is 5.69 Å². The highest BCUT2D eigenvalue weighted by Gasteiger charge is 2.40. The predicted molar refractivity (Wildman–Crippen MR) is 48.4 cm³/mol. The summed E-state index contributed by atoms with van der Waals surface area (Å²) in [5, 5.41) is 0. The molecule has 0 saturated carbocycles. The van der Waals surface area contributed by atoms with Gasteiger partial charge in [-0.1, -0.05) is 6.07 Å². The summed E-state index contributed by atoms with van der Waals surface area (Å²) in [6, 6.07) is 4.20. The Labute approximate surface area is 80.1 Å². The Bertz CT molecular complexity index is 523. The van der Waals surface area contributed by atoms with Gasteiger partial charge >= 0.3 is 0 Å². The number of carbonyl (C=O) groups is 1. The van der Waals surface area contributed by atoms with Gasteiger partial charge < -0.3 is 5.73 Å². The van der Waals surface area contributed by atoms with E-state index in [2.05, 4.69) is 0 Å². The number of hydrazine groups is 1. The summed E-state index contributed by atoms with van der Waals surface area (Å²) in [5.74, 6) is 4.32. The van der Waals surface area contributed by atoms with E-state index in [1.165, 1.54) is 18.2 Å². The van der Waals surface area contributed by atoms with Gasteiger partial charge in [-0.15, -0.1) is 0 Å². The molecule has 0 aromatic heterocycles. The molecule has 0 spiro atoms. The average molecular weight is 213 g/mol. The quantitative estimate of drug-likeness (QED) is 0.336. The van der Waals surface area contributed by atoms with Crippen molar-refractivity contribution in [2.75, 3.05) is 5.73 Å². The number of fused-ring (bicyclic) bond motifs is 1. The molecule has 6 nitrogen and oxygen atoms in total. The van der Waals surface area contributed by atoms with E-state index in [9.17, 15) is 13.2 Å². The average Bonchev–Trinajstić information content (AvgIpc) is 2.30. The molecule has 1 aromatic rings. The second-order valence-electron chi connectivity index (χ2n) is 2.83. The Balaban J connectivity index is 2.88. The van der Waals surface area contributed by atoms with Crippen molar-refractivity contribution < 1.29 is 13.2 Å². The van der Waals surface area contributed by atoms with Crippen molar-refractivity contribution in [3.63, 3.8) is 0 Å². The van der Waals surface area contributed by atoms with Gasteiger partial charge in [0.25, 0.3) is 15.9 Å². The molecular formula is C7H7N3O3S. The van der Waals surface area contributed by atoms with Gasteiger partial charge in [0.2, 0.25) is 0 Å². The summed E-state index contributed by atoms with van der Waals surface area (Å²) in [6.07, 6.45) is 0. The molecule has 2 rings (SSSR count). The first-order valence-electron chi connectivity index (χ1n) is 3.69. The monoisotopic (exact) mass is 213 g/mol. The van der Waals surface area contributed by atoms with Crippen molar-refractivity contribution in [1.82, 2.24) is 4.41 Å². The van der Waals surface area contributed by atoms with Crippen LogP contribution in [0.1, 0.15) is 10.4 Å². The number of hydrogen-bond donors (Lipinski definition) is 2. The zero-order valence-electron chi connectivity index (χ0n) is 6.97. The lowest BCUT2D eigenvalue weighted by molar-refractivity contribution is 0.0872. The number of benzene rings is 1. The fourth-order valence-corrected chi connectivity index (χ4v) is 2.55. The second kappa shape index (κ2) is 2.46. The summed E-state index contributed by atoms with van der Waals surface area (Å²) >= 11 is 0. The van der Waals surface area contributed by atoms with E-state index in [4.69, 9.17) is 11.6 Å².